The first-order valence-electron chi connectivity index (χ1n) is 7.38. The average molecular weight is 326 g/mol. The van der Waals surface area contributed by atoms with Crippen LogP contribution in [0.4, 0.5) is 0 Å². The molecule has 2 atom stereocenters. The van der Waals surface area contributed by atoms with Gasteiger partial charge < -0.3 is 5.11 Å². The summed E-state index contributed by atoms with van der Waals surface area (Å²) < 4.78 is 1.14. The minimum absolute atomic E-state index is 0.304. The molecule has 1 heterocycles. The summed E-state index contributed by atoms with van der Waals surface area (Å²) in [5, 5.41) is 9.26. The average Bonchev–Trinajstić information content (AvgIpc) is 2.42. The van der Waals surface area contributed by atoms with Gasteiger partial charge in [-0.3, -0.25) is 4.90 Å². The third-order valence-corrected chi connectivity index (χ3v) is 4.61. The fourth-order valence-electron chi connectivity index (χ4n) is 3.23. The largest absolute Gasteiger partial charge is 0.396 e. The molecule has 0 aromatic heterocycles. The predicted molar refractivity (Wildman–Crippen MR) is 83.2 cm³/mol. The van der Waals surface area contributed by atoms with E-state index >= 15 is 0 Å². The summed E-state index contributed by atoms with van der Waals surface area (Å²) >= 11 is 3.51. The monoisotopic (exact) mass is 325 g/mol. The summed E-state index contributed by atoms with van der Waals surface area (Å²) in [6.07, 6.45) is 5.82. The van der Waals surface area contributed by atoms with Crippen molar-refractivity contribution in [1.29, 1.82) is 0 Å². The van der Waals surface area contributed by atoms with Crippen LogP contribution >= 0.6 is 15.9 Å². The number of aliphatic hydroxyl groups excluding tert-OH is 1. The number of hydrogen-bond acceptors (Lipinski definition) is 2. The second kappa shape index (κ2) is 7.41. The van der Waals surface area contributed by atoms with E-state index in [4.69, 9.17) is 0 Å². The second-order valence-electron chi connectivity index (χ2n) is 5.40. The van der Waals surface area contributed by atoms with Gasteiger partial charge in [0, 0.05) is 23.2 Å². The maximum absolute atomic E-state index is 9.26. The summed E-state index contributed by atoms with van der Waals surface area (Å²) in [6.45, 7) is 3.67. The molecule has 0 aliphatic carbocycles. The Kier molecular flexibility index (Phi) is 5.86. The van der Waals surface area contributed by atoms with E-state index in [-0.39, 0.29) is 0 Å². The molecule has 1 N–H and O–H groups in total. The lowest BCUT2D eigenvalue weighted by Crippen LogP contribution is -2.42. The molecule has 1 saturated heterocycles. The Bertz CT molecular complexity index is 377. The SMILES string of the molecule is CCCN1C(CCO)CCC[C@H]1c1ccc(Br)cc1. The molecular weight excluding hydrogens is 302 g/mol. The Morgan fingerprint density at radius 2 is 2.00 bits per heavy atom. The van der Waals surface area contributed by atoms with Gasteiger partial charge in [0.05, 0.1) is 0 Å². The summed E-state index contributed by atoms with van der Waals surface area (Å²) in [6, 6.07) is 9.81. The standard InChI is InChI=1S/C16H24BrNO/c1-2-11-18-15(10-12-19)4-3-5-16(18)13-6-8-14(17)9-7-13/h6-9,15-16,19H,2-5,10-12H2,1H3/t15?,16-/m0/s1. The first-order valence-corrected chi connectivity index (χ1v) is 8.17. The van der Waals surface area contributed by atoms with Gasteiger partial charge in [-0.2, -0.15) is 0 Å². The van der Waals surface area contributed by atoms with Crippen molar-refractivity contribution in [2.75, 3.05) is 13.2 Å². The lowest BCUT2D eigenvalue weighted by molar-refractivity contribution is 0.0651. The summed E-state index contributed by atoms with van der Waals surface area (Å²) in [7, 11) is 0. The number of likely N-dealkylation sites (tertiary alicyclic amines) is 1. The van der Waals surface area contributed by atoms with Gasteiger partial charge in [-0.15, -0.1) is 0 Å². The molecule has 0 amide bonds. The van der Waals surface area contributed by atoms with E-state index in [1.807, 2.05) is 0 Å². The van der Waals surface area contributed by atoms with Crippen LogP contribution in [0.1, 0.15) is 50.6 Å². The smallest absolute Gasteiger partial charge is 0.0445 e. The van der Waals surface area contributed by atoms with E-state index in [1.54, 1.807) is 0 Å². The van der Waals surface area contributed by atoms with Crippen molar-refractivity contribution < 1.29 is 5.11 Å². The van der Waals surface area contributed by atoms with Crippen LogP contribution in [-0.4, -0.2) is 29.2 Å². The van der Waals surface area contributed by atoms with Crippen LogP contribution in [0.25, 0.3) is 0 Å². The van der Waals surface area contributed by atoms with Gasteiger partial charge in [0.2, 0.25) is 0 Å². The molecule has 0 bridgehead atoms. The first-order chi connectivity index (χ1) is 9.26. The quantitative estimate of drug-likeness (QED) is 0.879. The zero-order valence-electron chi connectivity index (χ0n) is 11.7. The minimum atomic E-state index is 0.304. The van der Waals surface area contributed by atoms with Crippen molar-refractivity contribution >= 4 is 15.9 Å². The highest BCUT2D eigenvalue weighted by Gasteiger charge is 2.30. The zero-order chi connectivity index (χ0) is 13.7. The molecule has 106 valence electrons. The van der Waals surface area contributed by atoms with Crippen LogP contribution in [0.3, 0.4) is 0 Å². The molecule has 0 saturated carbocycles. The maximum atomic E-state index is 9.26. The third-order valence-electron chi connectivity index (χ3n) is 4.08. The molecule has 2 nitrogen and oxygen atoms in total. The van der Waals surface area contributed by atoms with E-state index < -0.39 is 0 Å². The number of halogens is 1. The van der Waals surface area contributed by atoms with Crippen LogP contribution in [0.2, 0.25) is 0 Å². The molecule has 1 aliphatic heterocycles. The number of benzene rings is 1. The second-order valence-corrected chi connectivity index (χ2v) is 6.32. The molecule has 19 heavy (non-hydrogen) atoms. The highest BCUT2D eigenvalue weighted by Crippen LogP contribution is 2.35. The van der Waals surface area contributed by atoms with E-state index in [0.29, 0.717) is 18.7 Å². The normalized spacial score (nSPS) is 24.6. The predicted octanol–water partition coefficient (Wildman–Crippen LogP) is 4.14. The fourth-order valence-corrected chi connectivity index (χ4v) is 3.50. The van der Waals surface area contributed by atoms with Crippen molar-refractivity contribution in [3.63, 3.8) is 0 Å². The topological polar surface area (TPSA) is 23.5 Å². The molecule has 1 aromatic rings. The fraction of sp³-hybridized carbons (Fsp3) is 0.625. The molecule has 0 spiro atoms. The highest BCUT2D eigenvalue weighted by atomic mass is 79.9. The van der Waals surface area contributed by atoms with Gasteiger partial charge in [-0.05, 0) is 56.3 Å². The minimum Gasteiger partial charge on any atom is -0.396 e. The van der Waals surface area contributed by atoms with Gasteiger partial charge in [0.1, 0.15) is 0 Å². The molecule has 1 unspecified atom stereocenters. The lowest BCUT2D eigenvalue weighted by Gasteiger charge is -2.42. The summed E-state index contributed by atoms with van der Waals surface area (Å²) in [5.41, 5.74) is 1.42. The number of hydrogen-bond donors (Lipinski definition) is 1. The molecule has 1 aliphatic rings. The van der Waals surface area contributed by atoms with E-state index in [2.05, 4.69) is 52.0 Å². The number of nitrogens with zero attached hydrogens (tertiary/aromatic N) is 1. The Hall–Kier alpha value is -0.380. The Balaban J connectivity index is 2.17. The molecular formula is C16H24BrNO. The molecule has 1 fully saturated rings. The first kappa shape index (κ1) is 15.0. The van der Waals surface area contributed by atoms with E-state index in [1.165, 1.54) is 31.2 Å². The van der Waals surface area contributed by atoms with Gasteiger partial charge >= 0.3 is 0 Å². The van der Waals surface area contributed by atoms with Crippen LogP contribution in [-0.2, 0) is 0 Å². The van der Waals surface area contributed by atoms with Crippen molar-refractivity contribution in [1.82, 2.24) is 4.90 Å². The highest BCUT2D eigenvalue weighted by molar-refractivity contribution is 9.10. The van der Waals surface area contributed by atoms with E-state index in [9.17, 15) is 5.11 Å². The van der Waals surface area contributed by atoms with Crippen LogP contribution < -0.4 is 0 Å². The van der Waals surface area contributed by atoms with Crippen LogP contribution in [0.5, 0.6) is 0 Å². The van der Waals surface area contributed by atoms with Gasteiger partial charge in [0.15, 0.2) is 0 Å². The van der Waals surface area contributed by atoms with Crippen molar-refractivity contribution in [3.8, 4) is 0 Å². The Labute approximate surface area is 124 Å². The third kappa shape index (κ3) is 3.80. The number of piperidine rings is 1. The van der Waals surface area contributed by atoms with Gasteiger partial charge in [0.25, 0.3) is 0 Å². The maximum Gasteiger partial charge on any atom is 0.0445 e. The molecule has 1 aromatic carbocycles. The number of aliphatic hydroxyl groups is 1. The number of rotatable bonds is 5. The van der Waals surface area contributed by atoms with Crippen molar-refractivity contribution in [2.45, 2.75) is 51.1 Å². The zero-order valence-corrected chi connectivity index (χ0v) is 13.3. The van der Waals surface area contributed by atoms with Gasteiger partial charge in [-0.25, -0.2) is 0 Å². The van der Waals surface area contributed by atoms with Gasteiger partial charge in [-0.1, -0.05) is 35.0 Å². The molecule has 2 rings (SSSR count). The van der Waals surface area contributed by atoms with E-state index in [0.717, 1.165) is 17.4 Å². The van der Waals surface area contributed by atoms with Crippen LogP contribution in [0.15, 0.2) is 28.7 Å². The summed E-state index contributed by atoms with van der Waals surface area (Å²) in [4.78, 5) is 2.61. The molecule has 3 heteroatoms. The van der Waals surface area contributed by atoms with Crippen molar-refractivity contribution in [3.05, 3.63) is 34.3 Å². The van der Waals surface area contributed by atoms with Crippen LogP contribution in [0, 0.1) is 0 Å². The Morgan fingerprint density at radius 3 is 2.63 bits per heavy atom. The Morgan fingerprint density at radius 1 is 1.26 bits per heavy atom. The molecule has 0 radical (unpaired) electrons. The summed E-state index contributed by atoms with van der Waals surface area (Å²) in [5.74, 6) is 0. The van der Waals surface area contributed by atoms with Crippen molar-refractivity contribution in [2.24, 2.45) is 0 Å². The lowest BCUT2D eigenvalue weighted by atomic mass is 9.89.